The number of rotatable bonds is 1. The first kappa shape index (κ1) is 12.0. The Labute approximate surface area is 106 Å². The third-order valence-corrected chi connectivity index (χ3v) is 3.55. The van der Waals surface area contributed by atoms with Gasteiger partial charge in [0.2, 0.25) is 0 Å². The van der Waals surface area contributed by atoms with Crippen LogP contribution in [0.15, 0.2) is 6.07 Å². The second-order valence-electron chi connectivity index (χ2n) is 4.42. The van der Waals surface area contributed by atoms with Crippen molar-refractivity contribution in [1.82, 2.24) is 9.97 Å². The molecule has 3 nitrogen and oxygen atoms in total. The molecule has 0 amide bonds. The van der Waals surface area contributed by atoms with Gasteiger partial charge in [0, 0.05) is 5.56 Å². The zero-order valence-corrected chi connectivity index (χ0v) is 11.2. The number of H-pyrrole nitrogens is 1. The van der Waals surface area contributed by atoms with Crippen molar-refractivity contribution >= 4 is 17.5 Å². The number of nitrogens with zero attached hydrogens (tertiary/aromatic N) is 1. The van der Waals surface area contributed by atoms with Crippen molar-refractivity contribution in [2.45, 2.75) is 27.7 Å². The van der Waals surface area contributed by atoms with Crippen LogP contribution in [-0.4, -0.2) is 9.97 Å². The van der Waals surface area contributed by atoms with Gasteiger partial charge >= 0.3 is 0 Å². The summed E-state index contributed by atoms with van der Waals surface area (Å²) in [6.07, 6.45) is 0. The molecule has 0 atom stereocenters. The fourth-order valence-corrected chi connectivity index (χ4v) is 2.34. The summed E-state index contributed by atoms with van der Waals surface area (Å²) < 4.78 is 0. The van der Waals surface area contributed by atoms with Gasteiger partial charge in [0.15, 0.2) is 5.95 Å². The summed E-state index contributed by atoms with van der Waals surface area (Å²) in [5.41, 5.74) is 12.3. The van der Waals surface area contributed by atoms with Crippen molar-refractivity contribution < 1.29 is 0 Å². The molecule has 0 saturated heterocycles. The number of aromatic amines is 1. The molecule has 0 fully saturated rings. The topological polar surface area (TPSA) is 54.7 Å². The maximum absolute atomic E-state index is 6.13. The minimum Gasteiger partial charge on any atom is -0.369 e. The van der Waals surface area contributed by atoms with Crippen LogP contribution in [0.4, 0.5) is 5.95 Å². The summed E-state index contributed by atoms with van der Waals surface area (Å²) in [4.78, 5) is 7.11. The maximum Gasteiger partial charge on any atom is 0.199 e. The third-order valence-electron chi connectivity index (χ3n) is 3.28. The van der Waals surface area contributed by atoms with E-state index < -0.39 is 0 Å². The standard InChI is InChI=1S/C13H16ClN3/c1-6-5-7(2)9(4)10(8(6)3)11-12(14)17-13(15)16-11/h5H,1-4H3,(H3,15,16,17). The van der Waals surface area contributed by atoms with Crippen molar-refractivity contribution in [3.8, 4) is 11.3 Å². The van der Waals surface area contributed by atoms with E-state index in [1.54, 1.807) is 0 Å². The molecule has 2 aromatic rings. The van der Waals surface area contributed by atoms with E-state index in [4.69, 9.17) is 17.3 Å². The van der Waals surface area contributed by atoms with Crippen molar-refractivity contribution in [3.63, 3.8) is 0 Å². The van der Waals surface area contributed by atoms with Crippen LogP contribution in [0, 0.1) is 27.7 Å². The smallest absolute Gasteiger partial charge is 0.199 e. The van der Waals surface area contributed by atoms with Gasteiger partial charge in [0.1, 0.15) is 10.8 Å². The summed E-state index contributed by atoms with van der Waals surface area (Å²) in [6, 6.07) is 2.18. The van der Waals surface area contributed by atoms with E-state index in [2.05, 4.69) is 43.7 Å². The Morgan fingerprint density at radius 1 is 1.12 bits per heavy atom. The van der Waals surface area contributed by atoms with Crippen molar-refractivity contribution in [2.75, 3.05) is 5.73 Å². The summed E-state index contributed by atoms with van der Waals surface area (Å²) in [6.45, 7) is 8.35. The predicted molar refractivity (Wildman–Crippen MR) is 72.4 cm³/mol. The number of nitrogen functional groups attached to an aromatic ring is 1. The minimum absolute atomic E-state index is 0.350. The Morgan fingerprint density at radius 3 is 2.06 bits per heavy atom. The largest absolute Gasteiger partial charge is 0.369 e. The first-order valence-electron chi connectivity index (χ1n) is 5.50. The lowest BCUT2D eigenvalue weighted by Crippen LogP contribution is -1.96. The van der Waals surface area contributed by atoms with E-state index in [-0.39, 0.29) is 0 Å². The number of anilines is 1. The van der Waals surface area contributed by atoms with Crippen LogP contribution in [0.3, 0.4) is 0 Å². The van der Waals surface area contributed by atoms with E-state index in [1.807, 2.05) is 0 Å². The van der Waals surface area contributed by atoms with Crippen LogP contribution in [0.1, 0.15) is 22.3 Å². The molecule has 2 rings (SSSR count). The highest BCUT2D eigenvalue weighted by atomic mass is 35.5. The van der Waals surface area contributed by atoms with E-state index in [9.17, 15) is 0 Å². The van der Waals surface area contributed by atoms with Gasteiger partial charge in [0.05, 0.1) is 0 Å². The number of halogens is 1. The molecule has 0 spiro atoms. The van der Waals surface area contributed by atoms with Gasteiger partial charge < -0.3 is 10.7 Å². The highest BCUT2D eigenvalue weighted by molar-refractivity contribution is 6.32. The number of hydrogen-bond acceptors (Lipinski definition) is 2. The molecule has 0 saturated carbocycles. The van der Waals surface area contributed by atoms with Crippen molar-refractivity contribution in [1.29, 1.82) is 0 Å². The average Bonchev–Trinajstić information content (AvgIpc) is 2.56. The molecular weight excluding hydrogens is 234 g/mol. The number of nitrogens with one attached hydrogen (secondary N) is 1. The molecule has 3 N–H and O–H groups in total. The Kier molecular flexibility index (Phi) is 2.87. The van der Waals surface area contributed by atoms with Gasteiger partial charge in [0.25, 0.3) is 0 Å². The molecular formula is C13H16ClN3. The Bertz CT molecular complexity index is 559. The molecule has 0 aliphatic heterocycles. The van der Waals surface area contributed by atoms with E-state index >= 15 is 0 Å². The number of benzene rings is 1. The van der Waals surface area contributed by atoms with E-state index in [0.717, 1.165) is 11.3 Å². The third kappa shape index (κ3) is 1.91. The van der Waals surface area contributed by atoms with Gasteiger partial charge in [-0.1, -0.05) is 17.7 Å². The van der Waals surface area contributed by atoms with Gasteiger partial charge in [-0.25, -0.2) is 4.98 Å². The monoisotopic (exact) mass is 249 g/mol. The van der Waals surface area contributed by atoms with Crippen molar-refractivity contribution in [2.24, 2.45) is 0 Å². The molecule has 0 aliphatic carbocycles. The first-order valence-corrected chi connectivity index (χ1v) is 5.88. The second kappa shape index (κ2) is 4.08. The van der Waals surface area contributed by atoms with E-state index in [0.29, 0.717) is 11.1 Å². The van der Waals surface area contributed by atoms with Gasteiger partial charge in [-0.15, -0.1) is 0 Å². The van der Waals surface area contributed by atoms with Crippen LogP contribution in [0.5, 0.6) is 0 Å². The molecule has 4 heteroatoms. The SMILES string of the molecule is Cc1cc(C)c(C)c(-c2nc(N)[nH]c2Cl)c1C. The summed E-state index contributed by atoms with van der Waals surface area (Å²) >= 11 is 6.13. The van der Waals surface area contributed by atoms with Crippen LogP contribution < -0.4 is 5.73 Å². The highest BCUT2D eigenvalue weighted by Gasteiger charge is 2.16. The normalized spacial score (nSPS) is 10.9. The molecule has 1 aromatic heterocycles. The fraction of sp³-hybridized carbons (Fsp3) is 0.308. The van der Waals surface area contributed by atoms with Gasteiger partial charge in [-0.3, -0.25) is 0 Å². The van der Waals surface area contributed by atoms with Gasteiger partial charge in [-0.2, -0.15) is 0 Å². The first-order chi connectivity index (χ1) is 7.91. The quantitative estimate of drug-likeness (QED) is 0.812. The number of aromatic nitrogens is 2. The Morgan fingerprint density at radius 2 is 1.65 bits per heavy atom. The Hall–Kier alpha value is -1.48. The van der Waals surface area contributed by atoms with Crippen LogP contribution in [-0.2, 0) is 0 Å². The highest BCUT2D eigenvalue weighted by Crippen LogP contribution is 2.34. The van der Waals surface area contributed by atoms with Crippen LogP contribution in [0.25, 0.3) is 11.3 Å². The molecule has 0 aliphatic rings. The lowest BCUT2D eigenvalue weighted by atomic mass is 9.93. The lowest BCUT2D eigenvalue weighted by molar-refractivity contribution is 1.23. The molecule has 17 heavy (non-hydrogen) atoms. The second-order valence-corrected chi connectivity index (χ2v) is 4.80. The summed E-state index contributed by atoms with van der Waals surface area (Å²) in [5, 5.41) is 0.499. The minimum atomic E-state index is 0.350. The fourth-order valence-electron chi connectivity index (χ4n) is 2.11. The van der Waals surface area contributed by atoms with Gasteiger partial charge in [-0.05, 0) is 49.9 Å². The number of aryl methyl sites for hydroxylation is 2. The molecule has 0 unspecified atom stereocenters. The summed E-state index contributed by atoms with van der Waals surface area (Å²) in [5.74, 6) is 0.350. The molecule has 0 radical (unpaired) electrons. The molecule has 1 aromatic carbocycles. The zero-order valence-electron chi connectivity index (χ0n) is 10.5. The van der Waals surface area contributed by atoms with Crippen LogP contribution >= 0.6 is 11.6 Å². The zero-order chi connectivity index (χ0) is 12.7. The molecule has 1 heterocycles. The number of imidazole rings is 1. The molecule has 90 valence electrons. The van der Waals surface area contributed by atoms with Crippen LogP contribution in [0.2, 0.25) is 5.15 Å². The average molecular weight is 250 g/mol. The van der Waals surface area contributed by atoms with E-state index in [1.165, 1.54) is 22.3 Å². The number of nitrogens with two attached hydrogens (primary N) is 1. The maximum atomic E-state index is 6.13. The van der Waals surface area contributed by atoms with Crippen molar-refractivity contribution in [3.05, 3.63) is 33.5 Å². The lowest BCUT2D eigenvalue weighted by Gasteiger charge is -2.13. The number of hydrogen-bond donors (Lipinski definition) is 2. The summed E-state index contributed by atoms with van der Waals surface area (Å²) in [7, 11) is 0. The predicted octanol–water partition coefficient (Wildman–Crippen LogP) is 3.55. The Balaban J connectivity index is 2.79. The molecule has 0 bridgehead atoms.